The first-order valence-corrected chi connectivity index (χ1v) is 5.74. The predicted octanol–water partition coefficient (Wildman–Crippen LogP) is 2.70. The number of fused-ring (bicyclic) bond motifs is 3. The molecule has 0 aromatic carbocycles. The largest absolute Gasteiger partial charge is 0.245 e. The Kier molecular flexibility index (Phi) is 2.00. The molecule has 2 nitrogen and oxygen atoms in total. The number of aromatic nitrogens is 2. The van der Waals surface area contributed by atoms with E-state index in [-0.39, 0.29) is 0 Å². The van der Waals surface area contributed by atoms with E-state index >= 15 is 0 Å². The van der Waals surface area contributed by atoms with Gasteiger partial charge in [0.05, 0.1) is 0 Å². The molecule has 0 aliphatic heterocycles. The molecule has 0 radical (unpaired) electrons. The van der Waals surface area contributed by atoms with Crippen LogP contribution in [0.2, 0.25) is 0 Å². The zero-order chi connectivity index (χ0) is 9.38. The van der Waals surface area contributed by atoms with Crippen LogP contribution in [0.3, 0.4) is 0 Å². The van der Waals surface area contributed by atoms with E-state index in [2.05, 4.69) is 16.2 Å². The number of aryl methyl sites for hydroxylation is 1. The Balaban J connectivity index is 1.99. The lowest BCUT2D eigenvalue weighted by atomic mass is 9.70. The van der Waals surface area contributed by atoms with Gasteiger partial charge < -0.3 is 0 Å². The average Bonchev–Trinajstić information content (AvgIpc) is 2.29. The van der Waals surface area contributed by atoms with Gasteiger partial charge in [0.1, 0.15) is 6.33 Å². The molecule has 14 heavy (non-hydrogen) atoms. The van der Waals surface area contributed by atoms with Crippen molar-refractivity contribution in [3.63, 3.8) is 0 Å². The van der Waals surface area contributed by atoms with Crippen molar-refractivity contribution in [3.8, 4) is 0 Å². The van der Waals surface area contributed by atoms with Crippen LogP contribution in [0.5, 0.6) is 0 Å². The molecule has 3 rings (SSSR count). The fourth-order valence-corrected chi connectivity index (χ4v) is 3.17. The summed E-state index contributed by atoms with van der Waals surface area (Å²) in [4.78, 5) is 8.58. The zero-order valence-corrected chi connectivity index (χ0v) is 8.45. The molecule has 1 heterocycles. The summed E-state index contributed by atoms with van der Waals surface area (Å²) in [6.45, 7) is 0. The molecule has 0 bridgehead atoms. The highest BCUT2D eigenvalue weighted by molar-refractivity contribution is 5.25. The maximum Gasteiger partial charge on any atom is 0.115 e. The van der Waals surface area contributed by atoms with E-state index < -0.39 is 0 Å². The van der Waals surface area contributed by atoms with Gasteiger partial charge >= 0.3 is 0 Å². The first-order chi connectivity index (χ1) is 6.95. The quantitative estimate of drug-likeness (QED) is 0.625. The van der Waals surface area contributed by atoms with Gasteiger partial charge in [-0.05, 0) is 43.1 Å². The normalized spacial score (nSPS) is 30.6. The number of hydrogen-bond acceptors (Lipinski definition) is 2. The first-order valence-electron chi connectivity index (χ1n) is 5.74. The lowest BCUT2D eigenvalue weighted by Gasteiger charge is -2.36. The van der Waals surface area contributed by atoms with Crippen LogP contribution in [0.25, 0.3) is 0 Å². The van der Waals surface area contributed by atoms with Crippen molar-refractivity contribution in [2.24, 2.45) is 5.92 Å². The van der Waals surface area contributed by atoms with E-state index in [1.807, 2.05) is 0 Å². The van der Waals surface area contributed by atoms with E-state index in [0.29, 0.717) is 0 Å². The lowest BCUT2D eigenvalue weighted by Crippen LogP contribution is -2.24. The Morgan fingerprint density at radius 2 is 2.07 bits per heavy atom. The Morgan fingerprint density at radius 3 is 3.07 bits per heavy atom. The van der Waals surface area contributed by atoms with Crippen LogP contribution in [0.15, 0.2) is 12.5 Å². The van der Waals surface area contributed by atoms with E-state index in [1.54, 1.807) is 6.33 Å². The van der Waals surface area contributed by atoms with E-state index in [0.717, 1.165) is 11.8 Å². The van der Waals surface area contributed by atoms with Gasteiger partial charge in [-0.3, -0.25) is 0 Å². The Morgan fingerprint density at radius 1 is 1.14 bits per heavy atom. The van der Waals surface area contributed by atoms with Crippen molar-refractivity contribution in [1.82, 2.24) is 9.97 Å². The highest BCUT2D eigenvalue weighted by Crippen LogP contribution is 2.43. The molecule has 0 N–H and O–H groups in total. The summed E-state index contributed by atoms with van der Waals surface area (Å²) in [5.74, 6) is 1.72. The third kappa shape index (κ3) is 1.24. The fraction of sp³-hybridized carbons (Fsp3) is 0.667. The summed E-state index contributed by atoms with van der Waals surface area (Å²) in [6, 6.07) is 0. The Labute approximate surface area is 84.8 Å². The second-order valence-corrected chi connectivity index (χ2v) is 4.61. The summed E-state index contributed by atoms with van der Waals surface area (Å²) in [7, 11) is 0. The number of hydrogen-bond donors (Lipinski definition) is 0. The molecule has 2 atom stereocenters. The van der Waals surface area contributed by atoms with E-state index in [4.69, 9.17) is 0 Å². The molecule has 2 heteroatoms. The molecule has 74 valence electrons. The topological polar surface area (TPSA) is 25.8 Å². The Bertz CT molecular complexity index is 335. The minimum atomic E-state index is 0.786. The molecule has 1 aromatic heterocycles. The van der Waals surface area contributed by atoms with Crippen LogP contribution < -0.4 is 0 Å². The van der Waals surface area contributed by atoms with Crippen molar-refractivity contribution in [1.29, 1.82) is 0 Å². The van der Waals surface area contributed by atoms with Gasteiger partial charge in [-0.25, -0.2) is 9.97 Å². The molecule has 2 aliphatic carbocycles. The van der Waals surface area contributed by atoms with Crippen molar-refractivity contribution in [3.05, 3.63) is 23.8 Å². The van der Waals surface area contributed by atoms with Gasteiger partial charge in [-0.2, -0.15) is 0 Å². The molecule has 1 aromatic rings. The molecule has 0 saturated heterocycles. The van der Waals surface area contributed by atoms with Gasteiger partial charge in [-0.15, -0.1) is 0 Å². The maximum atomic E-state index is 4.40. The summed E-state index contributed by atoms with van der Waals surface area (Å²) in [5.41, 5.74) is 2.78. The number of nitrogens with zero attached hydrogens (tertiary/aromatic N) is 2. The lowest BCUT2D eigenvalue weighted by molar-refractivity contribution is 0.272. The molecule has 2 aliphatic rings. The van der Waals surface area contributed by atoms with Crippen molar-refractivity contribution >= 4 is 0 Å². The van der Waals surface area contributed by atoms with Gasteiger partial charge in [-0.1, -0.05) is 12.8 Å². The standard InChI is InChI=1S/C12H16N2/c1-2-4-10-9(3-1)5-6-12-11(10)7-13-8-14-12/h7-10H,1-6H2. The van der Waals surface area contributed by atoms with Crippen LogP contribution >= 0.6 is 0 Å². The summed E-state index contributed by atoms with van der Waals surface area (Å²) >= 11 is 0. The molecular weight excluding hydrogens is 172 g/mol. The van der Waals surface area contributed by atoms with Gasteiger partial charge in [0.15, 0.2) is 0 Å². The highest BCUT2D eigenvalue weighted by Gasteiger charge is 2.31. The van der Waals surface area contributed by atoms with Crippen LogP contribution in [-0.2, 0) is 6.42 Å². The van der Waals surface area contributed by atoms with Crippen LogP contribution in [-0.4, -0.2) is 9.97 Å². The van der Waals surface area contributed by atoms with E-state index in [9.17, 15) is 0 Å². The van der Waals surface area contributed by atoms with Crippen molar-refractivity contribution < 1.29 is 0 Å². The first kappa shape index (κ1) is 8.39. The van der Waals surface area contributed by atoms with Crippen molar-refractivity contribution in [2.75, 3.05) is 0 Å². The average molecular weight is 188 g/mol. The van der Waals surface area contributed by atoms with Gasteiger partial charge in [0.25, 0.3) is 0 Å². The highest BCUT2D eigenvalue weighted by atomic mass is 14.8. The summed E-state index contributed by atoms with van der Waals surface area (Å²) < 4.78 is 0. The monoisotopic (exact) mass is 188 g/mol. The smallest absolute Gasteiger partial charge is 0.115 e. The van der Waals surface area contributed by atoms with Gasteiger partial charge in [0, 0.05) is 11.9 Å². The number of rotatable bonds is 0. The minimum absolute atomic E-state index is 0.786. The second-order valence-electron chi connectivity index (χ2n) is 4.61. The summed E-state index contributed by atoms with van der Waals surface area (Å²) in [5, 5.41) is 0. The van der Waals surface area contributed by atoms with Crippen LogP contribution in [0.1, 0.15) is 49.3 Å². The van der Waals surface area contributed by atoms with Crippen molar-refractivity contribution in [2.45, 2.75) is 44.4 Å². The molecule has 0 spiro atoms. The third-order valence-electron chi connectivity index (χ3n) is 3.89. The van der Waals surface area contributed by atoms with Crippen LogP contribution in [0.4, 0.5) is 0 Å². The fourth-order valence-electron chi connectivity index (χ4n) is 3.17. The molecular formula is C12H16N2. The molecule has 1 fully saturated rings. The van der Waals surface area contributed by atoms with E-state index in [1.165, 1.54) is 49.8 Å². The maximum absolute atomic E-state index is 4.40. The SMILES string of the molecule is c1ncc2c(n1)CCC1CCCCC21. The predicted molar refractivity (Wildman–Crippen MR) is 55.1 cm³/mol. The minimum Gasteiger partial charge on any atom is -0.245 e. The van der Waals surface area contributed by atoms with Crippen LogP contribution in [0, 0.1) is 5.92 Å². The molecule has 1 saturated carbocycles. The summed E-state index contributed by atoms with van der Waals surface area (Å²) in [6.07, 6.45) is 11.9. The second kappa shape index (κ2) is 3.34. The Hall–Kier alpha value is -0.920. The molecule has 2 unspecified atom stereocenters. The molecule has 0 amide bonds. The zero-order valence-electron chi connectivity index (χ0n) is 8.45. The third-order valence-corrected chi connectivity index (χ3v) is 3.89. The van der Waals surface area contributed by atoms with Gasteiger partial charge in [0.2, 0.25) is 0 Å².